The number of thioether (sulfide) groups is 1. The summed E-state index contributed by atoms with van der Waals surface area (Å²) >= 11 is 2.88. The predicted molar refractivity (Wildman–Crippen MR) is 81.5 cm³/mol. The van der Waals surface area contributed by atoms with E-state index >= 15 is 0 Å². The molecule has 8 heteroatoms. The van der Waals surface area contributed by atoms with Crippen molar-refractivity contribution in [3.05, 3.63) is 46.7 Å². The van der Waals surface area contributed by atoms with Gasteiger partial charge in [-0.15, -0.1) is 10.2 Å². The first-order valence-corrected chi connectivity index (χ1v) is 7.93. The van der Waals surface area contributed by atoms with Crippen molar-refractivity contribution < 1.29 is 9.34 Å². The van der Waals surface area contributed by atoms with Crippen molar-refractivity contribution >= 4 is 28.8 Å². The van der Waals surface area contributed by atoms with E-state index in [-0.39, 0.29) is 5.69 Å². The van der Waals surface area contributed by atoms with Gasteiger partial charge in [0.15, 0.2) is 4.34 Å². The number of rotatable bonds is 4. The van der Waals surface area contributed by atoms with E-state index < -0.39 is 4.92 Å². The van der Waals surface area contributed by atoms with E-state index in [4.69, 9.17) is 4.42 Å². The minimum atomic E-state index is -0.425. The molecule has 2 heterocycles. The summed E-state index contributed by atoms with van der Waals surface area (Å²) in [6.07, 6.45) is 3.47. The largest absolute Gasteiger partial charge is 0.464 e. The van der Waals surface area contributed by atoms with Crippen LogP contribution in [0.15, 0.2) is 45.4 Å². The van der Waals surface area contributed by atoms with Crippen molar-refractivity contribution in [1.29, 1.82) is 0 Å². The molecule has 0 amide bonds. The lowest BCUT2D eigenvalue weighted by Gasteiger charge is -2.04. The van der Waals surface area contributed by atoms with E-state index in [2.05, 4.69) is 10.2 Å². The van der Waals surface area contributed by atoms with Crippen molar-refractivity contribution in [2.24, 2.45) is 0 Å². The topological polar surface area (TPSA) is 82.1 Å². The Morgan fingerprint density at radius 1 is 1.29 bits per heavy atom. The molecule has 0 aliphatic heterocycles. The van der Waals surface area contributed by atoms with Gasteiger partial charge in [0.1, 0.15) is 10.8 Å². The molecule has 0 unspecified atom stereocenters. The number of aromatic nitrogens is 2. The molecule has 1 aromatic carbocycles. The van der Waals surface area contributed by atoms with Crippen molar-refractivity contribution in [3.63, 3.8) is 0 Å². The summed E-state index contributed by atoms with van der Waals surface area (Å²) in [6.45, 7) is 0. The van der Waals surface area contributed by atoms with E-state index in [0.29, 0.717) is 16.3 Å². The molecule has 0 atom stereocenters. The average molecular weight is 319 g/mol. The molecule has 6 nitrogen and oxygen atoms in total. The quantitative estimate of drug-likeness (QED) is 0.409. The second kappa shape index (κ2) is 5.66. The van der Waals surface area contributed by atoms with Crippen LogP contribution in [0.25, 0.3) is 21.9 Å². The summed E-state index contributed by atoms with van der Waals surface area (Å²) in [5.41, 5.74) is 1.42. The first-order chi connectivity index (χ1) is 10.2. The first-order valence-electron chi connectivity index (χ1n) is 5.89. The Morgan fingerprint density at radius 3 is 2.76 bits per heavy atom. The van der Waals surface area contributed by atoms with Gasteiger partial charge >= 0.3 is 0 Å². The molecule has 0 bridgehead atoms. The smallest absolute Gasteiger partial charge is 0.270 e. The van der Waals surface area contributed by atoms with Gasteiger partial charge in [0.2, 0.25) is 0 Å². The molecule has 0 spiro atoms. The first kappa shape index (κ1) is 13.8. The van der Waals surface area contributed by atoms with Gasteiger partial charge in [-0.1, -0.05) is 23.1 Å². The standard InChI is InChI=1S/C13H9N3O3S2/c1-20-13-15-14-12(21-13)10-7-8(16(17)18)4-5-9(10)11-3-2-6-19-11/h2-7H,1H3. The molecule has 3 aromatic rings. The summed E-state index contributed by atoms with van der Waals surface area (Å²) < 4.78 is 6.20. The highest BCUT2D eigenvalue weighted by atomic mass is 32.2. The highest BCUT2D eigenvalue weighted by molar-refractivity contribution is 8.00. The summed E-state index contributed by atoms with van der Waals surface area (Å²) in [5, 5.41) is 19.8. The van der Waals surface area contributed by atoms with E-state index in [1.54, 1.807) is 24.5 Å². The number of nitro groups is 1. The van der Waals surface area contributed by atoms with Crippen molar-refractivity contribution in [2.45, 2.75) is 4.34 Å². The van der Waals surface area contributed by atoms with Gasteiger partial charge < -0.3 is 4.42 Å². The zero-order chi connectivity index (χ0) is 14.8. The molecule has 0 N–H and O–H groups in total. The molecule has 0 radical (unpaired) electrons. The third-order valence-corrected chi connectivity index (χ3v) is 4.74. The number of furan rings is 1. The summed E-state index contributed by atoms with van der Waals surface area (Å²) in [5.74, 6) is 0.640. The number of benzene rings is 1. The van der Waals surface area contributed by atoms with Crippen LogP contribution >= 0.6 is 23.1 Å². The Labute approximate surface area is 128 Å². The second-order valence-corrected chi connectivity index (χ2v) is 6.07. The fourth-order valence-corrected chi connectivity index (χ4v) is 3.17. The molecular formula is C13H9N3O3S2. The zero-order valence-corrected chi connectivity index (χ0v) is 12.5. The number of nitro benzene ring substituents is 1. The van der Waals surface area contributed by atoms with Gasteiger partial charge in [-0.25, -0.2) is 0 Å². The zero-order valence-electron chi connectivity index (χ0n) is 10.8. The SMILES string of the molecule is CSc1nnc(-c2cc([N+](=O)[O-])ccc2-c2ccco2)s1. The van der Waals surface area contributed by atoms with Gasteiger partial charge in [-0.05, 0) is 24.5 Å². The number of hydrogen-bond donors (Lipinski definition) is 0. The van der Waals surface area contributed by atoms with E-state index in [1.165, 1.54) is 35.2 Å². The number of hydrogen-bond acceptors (Lipinski definition) is 7. The van der Waals surface area contributed by atoms with Crippen molar-refractivity contribution in [2.75, 3.05) is 6.26 Å². The Hall–Kier alpha value is -2.19. The lowest BCUT2D eigenvalue weighted by molar-refractivity contribution is -0.384. The molecular weight excluding hydrogens is 310 g/mol. The molecule has 0 aliphatic rings. The predicted octanol–water partition coefficient (Wildman–Crippen LogP) is 4.10. The van der Waals surface area contributed by atoms with E-state index in [0.717, 1.165) is 9.90 Å². The minimum Gasteiger partial charge on any atom is -0.464 e. The van der Waals surface area contributed by atoms with Gasteiger partial charge in [-0.2, -0.15) is 0 Å². The third-order valence-electron chi connectivity index (χ3n) is 2.81. The normalized spacial score (nSPS) is 10.7. The summed E-state index contributed by atoms with van der Waals surface area (Å²) in [7, 11) is 0. The highest BCUT2D eigenvalue weighted by Gasteiger charge is 2.18. The molecule has 0 aliphatic carbocycles. The number of nitrogens with zero attached hydrogens (tertiary/aromatic N) is 3. The van der Waals surface area contributed by atoms with E-state index in [1.807, 2.05) is 6.26 Å². The summed E-state index contributed by atoms with van der Waals surface area (Å²) in [6, 6.07) is 8.21. The minimum absolute atomic E-state index is 0.0150. The Morgan fingerprint density at radius 2 is 2.14 bits per heavy atom. The Balaban J connectivity index is 2.18. The van der Waals surface area contributed by atoms with Gasteiger partial charge in [0, 0.05) is 23.3 Å². The molecule has 21 heavy (non-hydrogen) atoms. The van der Waals surface area contributed by atoms with Crippen LogP contribution in [0, 0.1) is 10.1 Å². The lowest BCUT2D eigenvalue weighted by atomic mass is 10.0. The van der Waals surface area contributed by atoms with Crippen molar-refractivity contribution in [3.8, 4) is 21.9 Å². The Bertz CT molecular complexity index is 784. The van der Waals surface area contributed by atoms with Gasteiger partial charge in [0.25, 0.3) is 5.69 Å². The van der Waals surface area contributed by atoms with Gasteiger partial charge in [-0.3, -0.25) is 10.1 Å². The maximum atomic E-state index is 11.0. The lowest BCUT2D eigenvalue weighted by Crippen LogP contribution is -1.90. The third kappa shape index (κ3) is 2.67. The van der Waals surface area contributed by atoms with E-state index in [9.17, 15) is 10.1 Å². The molecule has 2 aromatic heterocycles. The fraction of sp³-hybridized carbons (Fsp3) is 0.0769. The highest BCUT2D eigenvalue weighted by Crippen LogP contribution is 2.37. The van der Waals surface area contributed by atoms with Crippen LogP contribution in [0.3, 0.4) is 0 Å². The maximum absolute atomic E-state index is 11.0. The van der Waals surface area contributed by atoms with Crippen LogP contribution in [-0.4, -0.2) is 21.4 Å². The second-order valence-electron chi connectivity index (χ2n) is 4.04. The summed E-state index contributed by atoms with van der Waals surface area (Å²) in [4.78, 5) is 10.6. The fourth-order valence-electron chi connectivity index (χ4n) is 1.87. The Kier molecular flexibility index (Phi) is 3.72. The molecule has 0 saturated heterocycles. The molecule has 106 valence electrons. The van der Waals surface area contributed by atoms with Gasteiger partial charge in [0.05, 0.1) is 11.2 Å². The van der Waals surface area contributed by atoms with Crippen LogP contribution in [0.4, 0.5) is 5.69 Å². The van der Waals surface area contributed by atoms with Crippen LogP contribution in [0.5, 0.6) is 0 Å². The molecule has 0 saturated carbocycles. The van der Waals surface area contributed by atoms with Crippen LogP contribution < -0.4 is 0 Å². The molecule has 3 rings (SSSR count). The number of non-ortho nitro benzene ring substituents is 1. The van der Waals surface area contributed by atoms with Crippen LogP contribution in [0.2, 0.25) is 0 Å². The van der Waals surface area contributed by atoms with Crippen LogP contribution in [0.1, 0.15) is 0 Å². The molecule has 0 fully saturated rings. The van der Waals surface area contributed by atoms with Crippen molar-refractivity contribution in [1.82, 2.24) is 10.2 Å². The van der Waals surface area contributed by atoms with Crippen LogP contribution in [-0.2, 0) is 0 Å². The monoisotopic (exact) mass is 319 g/mol. The maximum Gasteiger partial charge on any atom is 0.270 e. The average Bonchev–Trinajstić information content (AvgIpc) is 3.18.